The fourth-order valence-corrected chi connectivity index (χ4v) is 2.95. The van der Waals surface area contributed by atoms with Crippen LogP contribution in [0.2, 0.25) is 0 Å². The Morgan fingerprint density at radius 3 is 1.73 bits per heavy atom. The number of unbranched alkanes of at least 4 members (excludes halogenated alkanes) is 11. The van der Waals surface area contributed by atoms with Gasteiger partial charge in [-0.1, -0.05) is 83.3 Å². The van der Waals surface area contributed by atoms with Crippen molar-refractivity contribution >= 4 is 5.78 Å². The molecule has 26 heavy (non-hydrogen) atoms. The second-order valence-electron chi connectivity index (χ2n) is 7.26. The van der Waals surface area contributed by atoms with Crippen LogP contribution in [0.3, 0.4) is 0 Å². The van der Waals surface area contributed by atoms with Crippen LogP contribution in [0, 0.1) is 0 Å². The number of carbonyl (C=O) groups excluding carboxylic acids is 1. The summed E-state index contributed by atoms with van der Waals surface area (Å²) in [5, 5.41) is 37.7. The number of rotatable bonds is 16. The number of Topliss-reactive ketones (excluding diaryl/α,β-unsaturated/α-hetero) is 1. The zero-order valence-electron chi connectivity index (χ0n) is 16.5. The normalized spacial score (nSPS) is 16.0. The number of nitrogens with two attached hydrogens (primary N) is 1. The van der Waals surface area contributed by atoms with Gasteiger partial charge in [0.15, 0.2) is 11.3 Å². The van der Waals surface area contributed by atoms with Crippen LogP contribution in [0.25, 0.3) is 0 Å². The van der Waals surface area contributed by atoms with Gasteiger partial charge in [0.1, 0.15) is 6.10 Å². The van der Waals surface area contributed by atoms with Crippen molar-refractivity contribution in [2.45, 2.75) is 109 Å². The number of hydrogen-bond donors (Lipinski definition) is 5. The number of allylic oxidation sites excluding steroid dienone is 1. The van der Waals surface area contributed by atoms with E-state index in [1.165, 1.54) is 63.9 Å². The lowest BCUT2D eigenvalue weighted by atomic mass is 9.86. The Balaban J connectivity index is 3.85. The highest BCUT2D eigenvalue weighted by molar-refractivity contribution is 5.88. The molecule has 0 saturated heterocycles. The van der Waals surface area contributed by atoms with E-state index in [9.17, 15) is 25.2 Å². The van der Waals surface area contributed by atoms with Crippen LogP contribution in [-0.2, 0) is 4.79 Å². The fraction of sp³-hybridized carbons (Fsp3) is 0.850. The first kappa shape index (κ1) is 25.2. The highest BCUT2D eigenvalue weighted by Crippen LogP contribution is 2.22. The average molecular weight is 374 g/mol. The van der Waals surface area contributed by atoms with Gasteiger partial charge in [-0.15, -0.1) is 0 Å². The fourth-order valence-electron chi connectivity index (χ4n) is 2.95. The van der Waals surface area contributed by atoms with Crippen LogP contribution in [0.5, 0.6) is 0 Å². The maximum absolute atomic E-state index is 11.5. The van der Waals surface area contributed by atoms with E-state index in [0.717, 1.165) is 19.8 Å². The molecule has 0 aliphatic rings. The molecule has 0 aromatic carbocycles. The van der Waals surface area contributed by atoms with E-state index in [-0.39, 0.29) is 0 Å². The zero-order chi connectivity index (χ0) is 20.1. The Hall–Kier alpha value is -0.790. The lowest BCUT2D eigenvalue weighted by Crippen LogP contribution is -2.71. The molecule has 0 radical (unpaired) electrons. The summed E-state index contributed by atoms with van der Waals surface area (Å²) in [7, 11) is 0. The number of ketones is 1. The summed E-state index contributed by atoms with van der Waals surface area (Å²) < 4.78 is 0. The van der Waals surface area contributed by atoms with E-state index in [4.69, 9.17) is 5.73 Å². The summed E-state index contributed by atoms with van der Waals surface area (Å²) in [6.45, 7) is 3.21. The third kappa shape index (κ3) is 9.24. The summed E-state index contributed by atoms with van der Waals surface area (Å²) in [4.78, 5) is 11.5. The molecule has 0 aliphatic carbocycles. The molecule has 0 amide bonds. The van der Waals surface area contributed by atoms with Crippen molar-refractivity contribution in [3.63, 3.8) is 0 Å². The predicted molar refractivity (Wildman–Crippen MR) is 103 cm³/mol. The average Bonchev–Trinajstić information content (AvgIpc) is 2.56. The standard InChI is InChI=1S/C20H39NO5/c1-3-4-5-6-7-8-9-10-11-12-13-14-15-16-18(23)19(21,17(2)22)20(24,25)26/h15-16,18,23-26H,3-14,21H2,1-2H3/b16-15+/t18-,19-/m1/s1. The minimum absolute atomic E-state index is 0.692. The maximum atomic E-state index is 11.5. The van der Waals surface area contributed by atoms with Crippen molar-refractivity contribution in [3.8, 4) is 0 Å². The van der Waals surface area contributed by atoms with Gasteiger partial charge in [-0.3, -0.25) is 4.79 Å². The summed E-state index contributed by atoms with van der Waals surface area (Å²) >= 11 is 0. The smallest absolute Gasteiger partial charge is 0.305 e. The van der Waals surface area contributed by atoms with Gasteiger partial charge in [0.25, 0.3) is 0 Å². The van der Waals surface area contributed by atoms with Crippen LogP contribution >= 0.6 is 0 Å². The van der Waals surface area contributed by atoms with Crippen LogP contribution in [-0.4, -0.2) is 43.8 Å². The maximum Gasteiger partial charge on any atom is 0.305 e. The van der Waals surface area contributed by atoms with Gasteiger partial charge >= 0.3 is 5.97 Å². The molecule has 2 atom stereocenters. The highest BCUT2D eigenvalue weighted by Gasteiger charge is 2.54. The van der Waals surface area contributed by atoms with Crippen molar-refractivity contribution in [2.75, 3.05) is 0 Å². The Morgan fingerprint density at radius 1 is 0.923 bits per heavy atom. The van der Waals surface area contributed by atoms with Crippen molar-refractivity contribution < 1.29 is 25.2 Å². The molecule has 0 saturated carbocycles. The Labute approximate surface area is 158 Å². The summed E-state index contributed by atoms with van der Waals surface area (Å²) in [6.07, 6.45) is 15.6. The third-order valence-electron chi connectivity index (χ3n) is 4.90. The van der Waals surface area contributed by atoms with Crippen LogP contribution in [0.1, 0.15) is 90.9 Å². The van der Waals surface area contributed by atoms with Gasteiger partial charge in [0, 0.05) is 0 Å². The Bertz CT molecular complexity index is 405. The van der Waals surface area contributed by atoms with Crippen LogP contribution < -0.4 is 5.73 Å². The van der Waals surface area contributed by atoms with Gasteiger partial charge in [0.2, 0.25) is 0 Å². The molecule has 0 fully saturated rings. The molecule has 6 heteroatoms. The first-order valence-corrected chi connectivity index (χ1v) is 9.99. The lowest BCUT2D eigenvalue weighted by Gasteiger charge is -2.36. The number of carbonyl (C=O) groups is 1. The molecule has 0 bridgehead atoms. The van der Waals surface area contributed by atoms with Gasteiger partial charge < -0.3 is 26.2 Å². The second kappa shape index (κ2) is 13.4. The lowest BCUT2D eigenvalue weighted by molar-refractivity contribution is -0.348. The van der Waals surface area contributed by atoms with E-state index >= 15 is 0 Å². The molecule has 154 valence electrons. The molecule has 0 aliphatic heterocycles. The van der Waals surface area contributed by atoms with E-state index < -0.39 is 23.4 Å². The van der Waals surface area contributed by atoms with E-state index in [1.807, 2.05) is 0 Å². The summed E-state index contributed by atoms with van der Waals surface area (Å²) in [5.74, 6) is -4.41. The van der Waals surface area contributed by atoms with Crippen molar-refractivity contribution in [3.05, 3.63) is 12.2 Å². The topological polar surface area (TPSA) is 124 Å². The molecule has 0 spiro atoms. The number of hydrogen-bond acceptors (Lipinski definition) is 6. The zero-order valence-corrected chi connectivity index (χ0v) is 16.5. The quantitative estimate of drug-likeness (QED) is 0.161. The molecule has 0 rings (SSSR count). The van der Waals surface area contributed by atoms with Crippen molar-refractivity contribution in [2.24, 2.45) is 5.73 Å². The molecular weight excluding hydrogens is 334 g/mol. The van der Waals surface area contributed by atoms with Crippen LogP contribution in [0.15, 0.2) is 12.2 Å². The van der Waals surface area contributed by atoms with E-state index in [1.54, 1.807) is 6.08 Å². The SMILES string of the molecule is CCCCCCCCCCCCC/C=C/[C@@H](O)[C@](N)(C(C)=O)C(O)(O)O. The largest absolute Gasteiger partial charge is 0.386 e. The molecule has 6 nitrogen and oxygen atoms in total. The molecule has 0 unspecified atom stereocenters. The second-order valence-corrected chi connectivity index (χ2v) is 7.26. The van der Waals surface area contributed by atoms with Crippen LogP contribution in [0.4, 0.5) is 0 Å². The first-order chi connectivity index (χ1) is 12.2. The first-order valence-electron chi connectivity index (χ1n) is 9.99. The number of aliphatic hydroxyl groups is 4. The predicted octanol–water partition coefficient (Wildman–Crippen LogP) is 2.52. The number of aliphatic hydroxyl groups excluding tert-OH is 1. The highest BCUT2D eigenvalue weighted by atomic mass is 16.7. The summed E-state index contributed by atoms with van der Waals surface area (Å²) in [6, 6.07) is 0. The van der Waals surface area contributed by atoms with E-state index in [2.05, 4.69) is 6.92 Å². The van der Waals surface area contributed by atoms with Gasteiger partial charge in [-0.25, -0.2) is 0 Å². The minimum Gasteiger partial charge on any atom is -0.386 e. The van der Waals surface area contributed by atoms with Gasteiger partial charge in [0.05, 0.1) is 0 Å². The summed E-state index contributed by atoms with van der Waals surface area (Å²) in [5.41, 5.74) is 2.94. The molecular formula is C20H39NO5. The van der Waals surface area contributed by atoms with Crippen molar-refractivity contribution in [1.82, 2.24) is 0 Å². The molecule has 0 aromatic heterocycles. The molecule has 0 heterocycles. The Morgan fingerprint density at radius 2 is 1.35 bits per heavy atom. The monoisotopic (exact) mass is 373 g/mol. The minimum atomic E-state index is -3.49. The third-order valence-corrected chi connectivity index (χ3v) is 4.90. The van der Waals surface area contributed by atoms with Crippen molar-refractivity contribution in [1.29, 1.82) is 0 Å². The van der Waals surface area contributed by atoms with E-state index in [0.29, 0.717) is 6.42 Å². The van der Waals surface area contributed by atoms with Gasteiger partial charge in [-0.05, 0) is 19.8 Å². The molecule has 0 aromatic rings. The Kier molecular flexibility index (Phi) is 13.0. The molecule has 6 N–H and O–H groups in total. The van der Waals surface area contributed by atoms with Gasteiger partial charge in [-0.2, -0.15) is 0 Å².